The Morgan fingerprint density at radius 2 is 1.96 bits per heavy atom. The van der Waals surface area contributed by atoms with Gasteiger partial charge in [0.05, 0.1) is 7.11 Å². The van der Waals surface area contributed by atoms with E-state index >= 15 is 0 Å². The van der Waals surface area contributed by atoms with Gasteiger partial charge in [0.15, 0.2) is 5.96 Å². The van der Waals surface area contributed by atoms with E-state index in [1.54, 1.807) is 14.2 Å². The number of hydrogen-bond donors (Lipinski definition) is 3. The third-order valence-corrected chi connectivity index (χ3v) is 4.47. The highest BCUT2D eigenvalue weighted by molar-refractivity contribution is 5.84. The van der Waals surface area contributed by atoms with E-state index in [1.807, 2.05) is 24.3 Å². The first-order chi connectivity index (χ1) is 12.7. The highest BCUT2D eigenvalue weighted by atomic mass is 16.5. The van der Waals surface area contributed by atoms with E-state index in [0.29, 0.717) is 6.54 Å². The van der Waals surface area contributed by atoms with Crippen molar-refractivity contribution in [2.24, 2.45) is 4.99 Å². The minimum atomic E-state index is 0.663. The molecular formula is C21H26N4O. The molecule has 5 heteroatoms. The second-order valence-electron chi connectivity index (χ2n) is 6.28. The van der Waals surface area contributed by atoms with E-state index < -0.39 is 0 Å². The number of aromatic amines is 1. The maximum absolute atomic E-state index is 5.39. The highest BCUT2D eigenvalue weighted by Gasteiger charge is 2.06. The molecule has 0 amide bonds. The Kier molecular flexibility index (Phi) is 5.79. The molecule has 0 saturated heterocycles. The molecule has 0 saturated carbocycles. The van der Waals surface area contributed by atoms with Crippen LogP contribution in [0.4, 0.5) is 0 Å². The lowest BCUT2D eigenvalue weighted by molar-refractivity contribution is 0.409. The fourth-order valence-electron chi connectivity index (χ4n) is 3.07. The van der Waals surface area contributed by atoms with Gasteiger partial charge in [-0.1, -0.05) is 30.3 Å². The first-order valence-corrected chi connectivity index (χ1v) is 8.84. The van der Waals surface area contributed by atoms with Gasteiger partial charge in [0.25, 0.3) is 0 Å². The van der Waals surface area contributed by atoms with Gasteiger partial charge in [0, 0.05) is 42.8 Å². The molecule has 136 valence electrons. The third kappa shape index (κ3) is 4.17. The van der Waals surface area contributed by atoms with E-state index in [0.717, 1.165) is 30.2 Å². The van der Waals surface area contributed by atoms with E-state index in [2.05, 4.69) is 51.9 Å². The molecule has 0 bridgehead atoms. The SMILES string of the molecule is CN=C(NCCc1c[nH]c2cc(C)ccc12)NCc1ccccc1OC. The van der Waals surface area contributed by atoms with Crippen molar-refractivity contribution in [3.05, 3.63) is 65.4 Å². The van der Waals surface area contributed by atoms with Crippen LogP contribution >= 0.6 is 0 Å². The molecular weight excluding hydrogens is 324 g/mol. The fourth-order valence-corrected chi connectivity index (χ4v) is 3.07. The average Bonchev–Trinajstić information content (AvgIpc) is 3.06. The fraction of sp³-hybridized carbons (Fsp3) is 0.286. The number of nitrogens with zero attached hydrogens (tertiary/aromatic N) is 1. The second-order valence-corrected chi connectivity index (χ2v) is 6.28. The maximum Gasteiger partial charge on any atom is 0.191 e. The number of para-hydroxylation sites is 1. The number of guanidine groups is 1. The van der Waals surface area contributed by atoms with Crippen molar-refractivity contribution >= 4 is 16.9 Å². The lowest BCUT2D eigenvalue weighted by Gasteiger charge is -2.13. The molecule has 1 heterocycles. The van der Waals surface area contributed by atoms with Gasteiger partial charge in [0.1, 0.15) is 5.75 Å². The summed E-state index contributed by atoms with van der Waals surface area (Å²) in [6, 6.07) is 14.5. The summed E-state index contributed by atoms with van der Waals surface area (Å²) in [5.41, 5.74) is 4.88. The molecule has 2 aromatic carbocycles. The molecule has 0 aliphatic carbocycles. The summed E-state index contributed by atoms with van der Waals surface area (Å²) < 4.78 is 5.39. The molecule has 0 aliphatic rings. The van der Waals surface area contributed by atoms with Crippen LogP contribution < -0.4 is 15.4 Å². The van der Waals surface area contributed by atoms with Crippen LogP contribution in [0, 0.1) is 6.92 Å². The molecule has 0 unspecified atom stereocenters. The number of ether oxygens (including phenoxy) is 1. The van der Waals surface area contributed by atoms with Gasteiger partial charge in [-0.15, -0.1) is 0 Å². The topological polar surface area (TPSA) is 61.4 Å². The Bertz CT molecular complexity index is 898. The van der Waals surface area contributed by atoms with Gasteiger partial charge in [0.2, 0.25) is 0 Å². The molecule has 0 spiro atoms. The van der Waals surface area contributed by atoms with E-state index in [9.17, 15) is 0 Å². The number of H-pyrrole nitrogens is 1. The number of hydrogen-bond acceptors (Lipinski definition) is 2. The molecule has 0 radical (unpaired) electrons. The summed E-state index contributed by atoms with van der Waals surface area (Å²) in [6.45, 7) is 3.58. The Labute approximate surface area is 154 Å². The Hall–Kier alpha value is -2.95. The van der Waals surface area contributed by atoms with Crippen molar-refractivity contribution in [2.45, 2.75) is 19.9 Å². The lowest BCUT2D eigenvalue weighted by Crippen LogP contribution is -2.37. The molecule has 0 atom stereocenters. The third-order valence-electron chi connectivity index (χ3n) is 4.47. The number of aryl methyl sites for hydroxylation is 1. The van der Waals surface area contributed by atoms with Gasteiger partial charge in [-0.25, -0.2) is 0 Å². The first kappa shape index (κ1) is 17.9. The molecule has 3 aromatic rings. The average molecular weight is 350 g/mol. The Morgan fingerprint density at radius 1 is 1.12 bits per heavy atom. The molecule has 1 aromatic heterocycles. The van der Waals surface area contributed by atoms with Crippen LogP contribution in [0.1, 0.15) is 16.7 Å². The Morgan fingerprint density at radius 3 is 2.77 bits per heavy atom. The molecule has 0 fully saturated rings. The zero-order valence-electron chi connectivity index (χ0n) is 15.6. The minimum absolute atomic E-state index is 0.663. The normalized spacial score (nSPS) is 11.6. The summed E-state index contributed by atoms with van der Waals surface area (Å²) in [5, 5.41) is 8.00. The number of aromatic nitrogens is 1. The molecule has 0 aliphatic heterocycles. The zero-order chi connectivity index (χ0) is 18.4. The lowest BCUT2D eigenvalue weighted by atomic mass is 10.1. The van der Waals surface area contributed by atoms with Crippen LogP contribution in [0.25, 0.3) is 10.9 Å². The summed E-state index contributed by atoms with van der Waals surface area (Å²) >= 11 is 0. The predicted octanol–water partition coefficient (Wildman–Crippen LogP) is 3.39. The highest BCUT2D eigenvalue weighted by Crippen LogP contribution is 2.19. The van der Waals surface area contributed by atoms with Crippen LogP contribution in [0.5, 0.6) is 5.75 Å². The zero-order valence-corrected chi connectivity index (χ0v) is 15.6. The van der Waals surface area contributed by atoms with E-state index in [4.69, 9.17) is 4.74 Å². The summed E-state index contributed by atoms with van der Waals surface area (Å²) in [7, 11) is 3.47. The quantitative estimate of drug-likeness (QED) is 0.472. The van der Waals surface area contributed by atoms with Crippen molar-refractivity contribution < 1.29 is 4.74 Å². The van der Waals surface area contributed by atoms with Gasteiger partial charge in [-0.3, -0.25) is 4.99 Å². The standard InChI is InChI=1S/C21H26N4O/c1-15-8-9-18-16(13-24-19(18)12-15)10-11-23-21(22-2)25-14-17-6-4-5-7-20(17)26-3/h4-9,12-13,24H,10-11,14H2,1-3H3,(H2,22,23,25). The number of nitrogens with one attached hydrogen (secondary N) is 3. The van der Waals surface area contributed by atoms with Crippen molar-refractivity contribution in [3.63, 3.8) is 0 Å². The van der Waals surface area contributed by atoms with Crippen LogP contribution in [0.3, 0.4) is 0 Å². The monoisotopic (exact) mass is 350 g/mol. The molecule has 26 heavy (non-hydrogen) atoms. The summed E-state index contributed by atoms with van der Waals surface area (Å²) in [6.07, 6.45) is 3.02. The predicted molar refractivity (Wildman–Crippen MR) is 108 cm³/mol. The van der Waals surface area contributed by atoms with Gasteiger partial charge < -0.3 is 20.4 Å². The largest absolute Gasteiger partial charge is 0.496 e. The van der Waals surface area contributed by atoms with E-state index in [1.165, 1.54) is 22.0 Å². The minimum Gasteiger partial charge on any atom is -0.496 e. The summed E-state index contributed by atoms with van der Waals surface area (Å²) in [4.78, 5) is 7.65. The van der Waals surface area contributed by atoms with Crippen LogP contribution in [0.2, 0.25) is 0 Å². The number of rotatable bonds is 6. The second kappa shape index (κ2) is 8.43. The number of fused-ring (bicyclic) bond motifs is 1. The van der Waals surface area contributed by atoms with Crippen molar-refractivity contribution in [3.8, 4) is 5.75 Å². The molecule has 3 rings (SSSR count). The van der Waals surface area contributed by atoms with Crippen molar-refractivity contribution in [2.75, 3.05) is 20.7 Å². The number of aliphatic imine (C=N–C) groups is 1. The number of methoxy groups -OCH3 is 1. The van der Waals surface area contributed by atoms with Crippen molar-refractivity contribution in [1.82, 2.24) is 15.6 Å². The maximum atomic E-state index is 5.39. The summed E-state index contributed by atoms with van der Waals surface area (Å²) in [5.74, 6) is 1.66. The van der Waals surface area contributed by atoms with Crippen LogP contribution in [-0.4, -0.2) is 31.6 Å². The van der Waals surface area contributed by atoms with E-state index in [-0.39, 0.29) is 0 Å². The van der Waals surface area contributed by atoms with Crippen molar-refractivity contribution in [1.29, 1.82) is 0 Å². The smallest absolute Gasteiger partial charge is 0.191 e. The Balaban J connectivity index is 1.54. The van der Waals surface area contributed by atoms with Gasteiger partial charge in [-0.05, 0) is 36.6 Å². The van der Waals surface area contributed by atoms with Gasteiger partial charge in [-0.2, -0.15) is 0 Å². The van der Waals surface area contributed by atoms with Gasteiger partial charge >= 0.3 is 0 Å². The molecule has 5 nitrogen and oxygen atoms in total. The van der Waals surface area contributed by atoms with Crippen LogP contribution in [-0.2, 0) is 13.0 Å². The van der Waals surface area contributed by atoms with Crippen LogP contribution in [0.15, 0.2) is 53.7 Å². The number of benzene rings is 2. The molecule has 3 N–H and O–H groups in total. The first-order valence-electron chi connectivity index (χ1n) is 8.84.